The van der Waals surface area contributed by atoms with Crippen LogP contribution in [0.4, 0.5) is 28.4 Å². The molecule has 0 amide bonds. The maximum Gasteiger partial charge on any atom is 0.297 e. The van der Waals surface area contributed by atoms with Gasteiger partial charge in [-0.3, -0.25) is 10.1 Å². The lowest BCUT2D eigenvalue weighted by Crippen LogP contribution is -2.46. The molecule has 0 radical (unpaired) electrons. The van der Waals surface area contributed by atoms with Crippen molar-refractivity contribution in [2.45, 2.75) is 41.8 Å². The van der Waals surface area contributed by atoms with Gasteiger partial charge in [0.2, 0.25) is 0 Å². The minimum absolute atomic E-state index is 0.0265. The number of rotatable bonds is 13. The van der Waals surface area contributed by atoms with Crippen LogP contribution in [0.3, 0.4) is 0 Å². The van der Waals surface area contributed by atoms with Crippen LogP contribution in [0.25, 0.3) is 11.3 Å². The highest BCUT2D eigenvalue weighted by Crippen LogP contribution is 2.40. The van der Waals surface area contributed by atoms with E-state index in [1.165, 1.54) is 11.8 Å². The number of thioether (sulfide) groups is 1. The van der Waals surface area contributed by atoms with Crippen LogP contribution in [0.1, 0.15) is 25.0 Å². The number of nitro groups is 1. The van der Waals surface area contributed by atoms with Gasteiger partial charge in [-0.15, -0.1) is 11.8 Å². The van der Waals surface area contributed by atoms with Gasteiger partial charge in [0.25, 0.3) is 5.69 Å². The molecule has 1 fully saturated rings. The van der Waals surface area contributed by atoms with Crippen molar-refractivity contribution in [3.8, 4) is 0 Å². The average Bonchev–Trinajstić information content (AvgIpc) is 3.44. The van der Waals surface area contributed by atoms with E-state index in [0.29, 0.717) is 21.3 Å². The van der Waals surface area contributed by atoms with Crippen LogP contribution in [0.15, 0.2) is 131 Å². The fourth-order valence-electron chi connectivity index (χ4n) is 7.27. The second kappa shape index (κ2) is 17.5. The summed E-state index contributed by atoms with van der Waals surface area (Å²) in [5.74, 6) is 0.731. The Hall–Kier alpha value is -4.85. The van der Waals surface area contributed by atoms with Gasteiger partial charge in [-0.1, -0.05) is 54.1 Å². The molecule has 56 heavy (non-hydrogen) atoms. The van der Waals surface area contributed by atoms with Crippen LogP contribution < -0.4 is 25.6 Å². The van der Waals surface area contributed by atoms with E-state index in [1.807, 2.05) is 73.7 Å². The van der Waals surface area contributed by atoms with Crippen LogP contribution in [-0.2, 0) is 11.4 Å². The number of anilines is 4. The standard InChI is InChI=1S/C43H46ClN7O3S2/c1-29(28-55-37-10-5-4-6-11-37)46-39-21-20-38(27-40(39)51(52)53)56(54)47-34-16-18-35(19-17-34)49-22-24-50(25-23-49)36-9-7-8-32(26-36)41-42(45)30(2)48(3)43(41)31-12-14-33(44)15-13-31/h4-21,26-27,29-30,42,46-47H,22-25,28,45H2,1-3H3/t29-,30?,42?,56?/m1/s1. The van der Waals surface area contributed by atoms with E-state index in [0.717, 1.165) is 64.9 Å². The zero-order valence-corrected chi connectivity index (χ0v) is 34.0. The molecule has 7 rings (SSSR count). The maximum absolute atomic E-state index is 13.3. The van der Waals surface area contributed by atoms with Crippen molar-refractivity contribution in [2.24, 2.45) is 5.73 Å². The summed E-state index contributed by atoms with van der Waals surface area (Å²) in [5, 5.41) is 16.0. The van der Waals surface area contributed by atoms with E-state index in [9.17, 15) is 14.7 Å². The summed E-state index contributed by atoms with van der Waals surface area (Å²) in [7, 11) is 2.10. The van der Waals surface area contributed by atoms with Crippen LogP contribution in [0.5, 0.6) is 0 Å². The Bertz CT molecular complexity index is 2170. The number of likely N-dealkylation sites (N-methyl/N-ethyl adjacent to an activating group) is 1. The van der Waals surface area contributed by atoms with Crippen LogP contribution in [0, 0.1) is 10.1 Å². The molecular formula is C43H46ClN7O3S2. The lowest BCUT2D eigenvalue weighted by Gasteiger charge is -2.37. The molecule has 2 heterocycles. The quantitative estimate of drug-likeness (QED) is 0.0460. The molecule has 0 aromatic heterocycles. The zero-order chi connectivity index (χ0) is 39.3. The van der Waals surface area contributed by atoms with Gasteiger partial charge in [-0.05, 0) is 97.8 Å². The number of hydrogen-bond donors (Lipinski definition) is 3. The van der Waals surface area contributed by atoms with E-state index in [2.05, 4.69) is 75.1 Å². The van der Waals surface area contributed by atoms with Crippen molar-refractivity contribution in [1.29, 1.82) is 0 Å². The lowest BCUT2D eigenvalue weighted by molar-refractivity contribution is -0.384. The number of benzene rings is 5. The van der Waals surface area contributed by atoms with Crippen molar-refractivity contribution in [2.75, 3.05) is 58.8 Å². The fraction of sp³-hybridized carbons (Fsp3) is 0.256. The third kappa shape index (κ3) is 8.90. The molecule has 13 heteroatoms. The van der Waals surface area contributed by atoms with Crippen molar-refractivity contribution in [3.63, 3.8) is 0 Å². The molecular weight excluding hydrogens is 762 g/mol. The van der Waals surface area contributed by atoms with Crippen molar-refractivity contribution >= 4 is 74.4 Å². The Balaban J connectivity index is 0.960. The summed E-state index contributed by atoms with van der Waals surface area (Å²) in [6.07, 6.45) is 0. The van der Waals surface area contributed by atoms with Crippen molar-refractivity contribution in [1.82, 2.24) is 4.90 Å². The van der Waals surface area contributed by atoms with Gasteiger partial charge in [0.05, 0.1) is 22.7 Å². The minimum atomic E-state index is -1.70. The molecule has 4 N–H and O–H groups in total. The summed E-state index contributed by atoms with van der Waals surface area (Å²) < 4.78 is 16.3. The largest absolute Gasteiger partial charge is 0.588 e. The maximum atomic E-state index is 13.3. The molecule has 10 nitrogen and oxygen atoms in total. The van der Waals surface area contributed by atoms with Crippen LogP contribution >= 0.6 is 23.4 Å². The molecule has 3 unspecified atom stereocenters. The molecule has 4 atom stereocenters. The van der Waals surface area contributed by atoms with Gasteiger partial charge in [0.1, 0.15) is 17.0 Å². The number of piperazine rings is 1. The SMILES string of the molecule is CC1C(N)C(c2cccc(N3CCN(c4ccc(N[S+]([O-])c5ccc(N[C@H](C)CSc6ccccc6)c([N+](=O)[O-])c5)cc4)CC3)c2)=C(c2ccc(Cl)cc2)N1C. The van der Waals surface area contributed by atoms with Crippen molar-refractivity contribution in [3.05, 3.63) is 148 Å². The van der Waals surface area contributed by atoms with E-state index >= 15 is 0 Å². The van der Waals surface area contributed by atoms with E-state index in [-0.39, 0.29) is 23.8 Å². The first-order valence-electron chi connectivity index (χ1n) is 18.7. The van der Waals surface area contributed by atoms with Gasteiger partial charge < -0.3 is 30.3 Å². The first-order valence-corrected chi connectivity index (χ1v) is 21.2. The van der Waals surface area contributed by atoms with Gasteiger partial charge in [0, 0.05) is 83.6 Å². The summed E-state index contributed by atoms with van der Waals surface area (Å²) in [4.78, 5) is 20.1. The number of hydrogen-bond acceptors (Lipinski definition) is 10. The predicted molar refractivity (Wildman–Crippen MR) is 234 cm³/mol. The molecule has 0 spiro atoms. The first kappa shape index (κ1) is 39.4. The van der Waals surface area contributed by atoms with Crippen molar-refractivity contribution < 1.29 is 9.48 Å². The Kier molecular flexibility index (Phi) is 12.3. The molecule has 5 aromatic rings. The monoisotopic (exact) mass is 807 g/mol. The summed E-state index contributed by atoms with van der Waals surface area (Å²) in [6.45, 7) is 7.54. The molecule has 0 aliphatic carbocycles. The van der Waals surface area contributed by atoms with Crippen LogP contribution in [0.2, 0.25) is 5.02 Å². The van der Waals surface area contributed by atoms with Crippen LogP contribution in [-0.4, -0.2) is 71.5 Å². The Morgan fingerprint density at radius 2 is 1.55 bits per heavy atom. The second-order valence-corrected chi connectivity index (χ2v) is 16.9. The highest BCUT2D eigenvalue weighted by molar-refractivity contribution is 7.99. The highest BCUT2D eigenvalue weighted by Gasteiger charge is 2.35. The fourth-order valence-corrected chi connectivity index (χ4v) is 9.15. The topological polar surface area (TPSA) is 126 Å². The van der Waals surface area contributed by atoms with E-state index in [4.69, 9.17) is 17.3 Å². The number of halogens is 1. The highest BCUT2D eigenvalue weighted by atomic mass is 35.5. The number of nitro benzene ring substituents is 1. The lowest BCUT2D eigenvalue weighted by atomic mass is 9.94. The van der Waals surface area contributed by atoms with Gasteiger partial charge >= 0.3 is 0 Å². The normalized spacial score (nSPS) is 18.2. The van der Waals surface area contributed by atoms with Gasteiger partial charge in [-0.2, -0.15) is 0 Å². The molecule has 0 bridgehead atoms. The minimum Gasteiger partial charge on any atom is -0.588 e. The summed E-state index contributed by atoms with van der Waals surface area (Å²) in [5.41, 5.74) is 14.5. The zero-order valence-electron chi connectivity index (χ0n) is 31.6. The first-order chi connectivity index (χ1) is 27.0. The second-order valence-electron chi connectivity index (χ2n) is 14.2. The number of nitrogens with one attached hydrogen (secondary N) is 2. The third-order valence-corrected chi connectivity index (χ3v) is 13.1. The molecule has 1 saturated heterocycles. The molecule has 5 aromatic carbocycles. The molecule has 0 saturated carbocycles. The predicted octanol–water partition coefficient (Wildman–Crippen LogP) is 8.83. The average molecular weight is 808 g/mol. The summed E-state index contributed by atoms with van der Waals surface area (Å²) in [6, 6.07) is 39.2. The Morgan fingerprint density at radius 3 is 2.23 bits per heavy atom. The van der Waals surface area contributed by atoms with Gasteiger partial charge in [-0.25, -0.2) is 4.72 Å². The number of nitrogens with zero attached hydrogens (tertiary/aromatic N) is 4. The van der Waals surface area contributed by atoms with E-state index in [1.54, 1.807) is 23.9 Å². The molecule has 2 aliphatic heterocycles. The smallest absolute Gasteiger partial charge is 0.297 e. The Morgan fingerprint density at radius 1 is 0.875 bits per heavy atom. The van der Waals surface area contributed by atoms with E-state index < -0.39 is 16.3 Å². The number of nitrogens with two attached hydrogens (primary N) is 1. The third-order valence-electron chi connectivity index (χ3n) is 10.5. The van der Waals surface area contributed by atoms with Gasteiger partial charge in [0.15, 0.2) is 4.90 Å². The summed E-state index contributed by atoms with van der Waals surface area (Å²) >= 11 is 6.20. The molecule has 2 aliphatic rings. The Labute approximate surface area is 341 Å². The molecule has 290 valence electrons.